The summed E-state index contributed by atoms with van der Waals surface area (Å²) >= 11 is 0. The lowest BCUT2D eigenvalue weighted by molar-refractivity contribution is 0.1000. The number of nitrogens with zero attached hydrogens (tertiary/aromatic N) is 1. The Labute approximate surface area is 150 Å². The highest BCUT2D eigenvalue weighted by Crippen LogP contribution is 2.53. The normalized spacial score (nSPS) is 20.2. The zero-order valence-corrected chi connectivity index (χ0v) is 15.1. The molecule has 0 unspecified atom stereocenters. The molecule has 1 fully saturated rings. The zero-order chi connectivity index (χ0) is 17.5. The van der Waals surface area contributed by atoms with Crippen molar-refractivity contribution in [2.45, 2.75) is 56.9 Å². The van der Waals surface area contributed by atoms with Crippen molar-refractivity contribution in [2.24, 2.45) is 4.99 Å². The van der Waals surface area contributed by atoms with Gasteiger partial charge in [-0.3, -0.25) is 9.79 Å². The van der Waals surface area contributed by atoms with E-state index in [-0.39, 0.29) is 16.7 Å². The molecule has 0 atom stereocenters. The molecule has 1 aliphatic carbocycles. The predicted molar refractivity (Wildman–Crippen MR) is 103 cm³/mol. The van der Waals surface area contributed by atoms with Gasteiger partial charge in [-0.05, 0) is 37.8 Å². The summed E-state index contributed by atoms with van der Waals surface area (Å²) in [6.45, 7) is 4.50. The van der Waals surface area contributed by atoms with Crippen LogP contribution in [0, 0.1) is 0 Å². The SMILES string of the molecule is CC1(C)N=C(CC(=O)c2ccccc2)c2ccccc2C12CCCC2. The Hall–Kier alpha value is -2.22. The van der Waals surface area contributed by atoms with Crippen LogP contribution in [0.4, 0.5) is 0 Å². The number of carbonyl (C=O) groups excluding carboxylic acids is 1. The summed E-state index contributed by atoms with van der Waals surface area (Å²) in [7, 11) is 0. The fraction of sp³-hybridized carbons (Fsp3) is 0.391. The van der Waals surface area contributed by atoms with E-state index in [2.05, 4.69) is 38.1 Å². The van der Waals surface area contributed by atoms with Crippen LogP contribution in [0.3, 0.4) is 0 Å². The van der Waals surface area contributed by atoms with Gasteiger partial charge in [0, 0.05) is 11.0 Å². The van der Waals surface area contributed by atoms with Crippen molar-refractivity contribution >= 4 is 11.5 Å². The van der Waals surface area contributed by atoms with Crippen molar-refractivity contribution in [3.8, 4) is 0 Å². The Kier molecular flexibility index (Phi) is 3.87. The van der Waals surface area contributed by atoms with Crippen molar-refractivity contribution in [1.82, 2.24) is 0 Å². The molecule has 128 valence electrons. The van der Waals surface area contributed by atoms with Gasteiger partial charge in [0.25, 0.3) is 0 Å². The molecule has 1 saturated carbocycles. The van der Waals surface area contributed by atoms with Crippen molar-refractivity contribution in [3.05, 3.63) is 71.3 Å². The minimum atomic E-state index is -0.163. The van der Waals surface area contributed by atoms with E-state index >= 15 is 0 Å². The van der Waals surface area contributed by atoms with Crippen LogP contribution in [0.2, 0.25) is 0 Å². The molecule has 2 aromatic rings. The maximum Gasteiger partial charge on any atom is 0.168 e. The van der Waals surface area contributed by atoms with Gasteiger partial charge in [-0.2, -0.15) is 0 Å². The van der Waals surface area contributed by atoms with Crippen LogP contribution < -0.4 is 0 Å². The molecule has 0 aromatic heterocycles. The second-order valence-electron chi connectivity index (χ2n) is 7.92. The lowest BCUT2D eigenvalue weighted by Crippen LogP contribution is -2.48. The molecule has 2 aromatic carbocycles. The Morgan fingerprint density at radius 2 is 1.60 bits per heavy atom. The fourth-order valence-electron chi connectivity index (χ4n) is 4.86. The molecule has 0 radical (unpaired) electrons. The maximum atomic E-state index is 12.8. The summed E-state index contributed by atoms with van der Waals surface area (Å²) in [6.07, 6.45) is 5.30. The third kappa shape index (κ3) is 2.55. The first kappa shape index (κ1) is 16.3. The van der Waals surface area contributed by atoms with E-state index in [1.807, 2.05) is 30.3 Å². The Morgan fingerprint density at radius 3 is 2.32 bits per heavy atom. The number of rotatable bonds is 3. The smallest absolute Gasteiger partial charge is 0.168 e. The number of benzene rings is 2. The Balaban J connectivity index is 1.76. The van der Waals surface area contributed by atoms with Gasteiger partial charge in [-0.1, -0.05) is 67.4 Å². The minimum Gasteiger partial charge on any atom is -0.294 e. The van der Waals surface area contributed by atoms with E-state index in [1.165, 1.54) is 36.8 Å². The largest absolute Gasteiger partial charge is 0.294 e. The van der Waals surface area contributed by atoms with Gasteiger partial charge < -0.3 is 0 Å². The molecule has 0 saturated heterocycles. The molecule has 2 heteroatoms. The highest BCUT2D eigenvalue weighted by molar-refractivity contribution is 6.17. The van der Waals surface area contributed by atoms with Gasteiger partial charge in [-0.15, -0.1) is 0 Å². The first-order chi connectivity index (χ1) is 12.0. The quantitative estimate of drug-likeness (QED) is 0.697. The molecule has 25 heavy (non-hydrogen) atoms. The molecule has 0 bridgehead atoms. The predicted octanol–water partition coefficient (Wildman–Crippen LogP) is 5.35. The summed E-state index contributed by atoms with van der Waals surface area (Å²) in [4.78, 5) is 17.9. The third-order valence-corrected chi connectivity index (χ3v) is 6.22. The summed E-state index contributed by atoms with van der Waals surface area (Å²) in [6, 6.07) is 18.2. The Morgan fingerprint density at radius 1 is 0.960 bits per heavy atom. The van der Waals surface area contributed by atoms with E-state index in [9.17, 15) is 4.79 Å². The first-order valence-corrected chi connectivity index (χ1v) is 9.30. The lowest BCUT2D eigenvalue weighted by Gasteiger charge is -2.47. The second kappa shape index (κ2) is 5.94. The van der Waals surface area contributed by atoms with Crippen molar-refractivity contribution in [3.63, 3.8) is 0 Å². The van der Waals surface area contributed by atoms with E-state index in [1.54, 1.807) is 0 Å². The topological polar surface area (TPSA) is 29.4 Å². The number of fused-ring (bicyclic) bond motifs is 2. The highest BCUT2D eigenvalue weighted by atomic mass is 16.1. The molecule has 2 nitrogen and oxygen atoms in total. The molecule has 1 heterocycles. The van der Waals surface area contributed by atoms with E-state index < -0.39 is 0 Å². The zero-order valence-electron chi connectivity index (χ0n) is 15.1. The van der Waals surface area contributed by atoms with Crippen LogP contribution >= 0.6 is 0 Å². The van der Waals surface area contributed by atoms with Crippen LogP contribution in [-0.4, -0.2) is 17.0 Å². The van der Waals surface area contributed by atoms with E-state index in [0.29, 0.717) is 6.42 Å². The number of hydrogen-bond donors (Lipinski definition) is 0. The first-order valence-electron chi connectivity index (χ1n) is 9.30. The van der Waals surface area contributed by atoms with Gasteiger partial charge >= 0.3 is 0 Å². The monoisotopic (exact) mass is 331 g/mol. The van der Waals surface area contributed by atoms with Gasteiger partial charge in [0.05, 0.1) is 17.7 Å². The molecular weight excluding hydrogens is 306 g/mol. The molecule has 0 N–H and O–H groups in total. The molecule has 1 aliphatic heterocycles. The van der Waals surface area contributed by atoms with Crippen LogP contribution in [0.1, 0.15) is 67.4 Å². The average molecular weight is 331 g/mol. The Bertz CT molecular complexity index is 826. The fourth-order valence-corrected chi connectivity index (χ4v) is 4.86. The summed E-state index contributed by atoms with van der Waals surface area (Å²) < 4.78 is 0. The molecule has 4 rings (SSSR count). The number of Topliss-reactive ketones (excluding diaryl/α,β-unsaturated/α-hetero) is 1. The molecule has 2 aliphatic rings. The van der Waals surface area contributed by atoms with E-state index in [4.69, 9.17) is 4.99 Å². The summed E-state index contributed by atoms with van der Waals surface area (Å²) in [5.74, 6) is 0.146. The highest BCUT2D eigenvalue weighted by Gasteiger charge is 2.51. The average Bonchev–Trinajstić information content (AvgIpc) is 3.12. The maximum absolute atomic E-state index is 12.8. The van der Waals surface area contributed by atoms with Gasteiger partial charge in [0.2, 0.25) is 0 Å². The third-order valence-electron chi connectivity index (χ3n) is 6.22. The van der Waals surface area contributed by atoms with Crippen LogP contribution in [0.15, 0.2) is 59.6 Å². The number of hydrogen-bond acceptors (Lipinski definition) is 2. The summed E-state index contributed by atoms with van der Waals surface area (Å²) in [5, 5.41) is 0. The van der Waals surface area contributed by atoms with Crippen LogP contribution in [0.25, 0.3) is 0 Å². The van der Waals surface area contributed by atoms with Gasteiger partial charge in [0.1, 0.15) is 0 Å². The standard InChI is InChI=1S/C23H25NO/c1-22(2)23(14-8-9-15-23)19-13-7-6-12-18(19)20(24-22)16-21(25)17-10-4-3-5-11-17/h3-7,10-13H,8-9,14-16H2,1-2H3. The van der Waals surface area contributed by atoms with Crippen molar-refractivity contribution < 1.29 is 4.79 Å². The van der Waals surface area contributed by atoms with Crippen LogP contribution in [-0.2, 0) is 5.41 Å². The number of carbonyl (C=O) groups is 1. The number of aliphatic imine (C=N–C) groups is 1. The second-order valence-corrected chi connectivity index (χ2v) is 7.92. The minimum absolute atomic E-state index is 0.128. The van der Waals surface area contributed by atoms with Crippen molar-refractivity contribution in [1.29, 1.82) is 0 Å². The molecule has 0 amide bonds. The van der Waals surface area contributed by atoms with Crippen molar-refractivity contribution in [2.75, 3.05) is 0 Å². The number of ketones is 1. The molecular formula is C23H25NO. The summed E-state index contributed by atoms with van der Waals surface area (Å²) in [5.41, 5.74) is 4.28. The lowest BCUT2D eigenvalue weighted by atomic mass is 9.62. The van der Waals surface area contributed by atoms with Gasteiger partial charge in [-0.25, -0.2) is 0 Å². The van der Waals surface area contributed by atoms with E-state index in [0.717, 1.165) is 11.3 Å². The van der Waals surface area contributed by atoms with Crippen LogP contribution in [0.5, 0.6) is 0 Å². The van der Waals surface area contributed by atoms with Gasteiger partial charge in [0.15, 0.2) is 5.78 Å². The molecule has 1 spiro atoms.